The summed E-state index contributed by atoms with van der Waals surface area (Å²) in [4.78, 5) is 4.15. The quantitative estimate of drug-likeness (QED) is 0.832. The van der Waals surface area contributed by atoms with Crippen molar-refractivity contribution in [3.8, 4) is 0 Å². The fourth-order valence-electron chi connectivity index (χ4n) is 1.63. The first-order valence-corrected chi connectivity index (χ1v) is 5.90. The number of hydrogen-bond acceptors (Lipinski definition) is 4. The Morgan fingerprint density at radius 1 is 1.64 bits per heavy atom. The molecule has 5 heteroatoms. The highest BCUT2D eigenvalue weighted by Crippen LogP contribution is 2.31. The molecule has 0 atom stereocenters. The van der Waals surface area contributed by atoms with Gasteiger partial charge < -0.3 is 10.4 Å². The van der Waals surface area contributed by atoms with Gasteiger partial charge in [-0.1, -0.05) is 11.6 Å². The van der Waals surface area contributed by atoms with Crippen LogP contribution in [0, 0.1) is 0 Å². The number of rotatable bonds is 4. The molecular weight excluding hydrogens is 220 g/mol. The minimum absolute atomic E-state index is 0.0435. The molecular formula is C9H13ClN2OS. The number of aromatic nitrogens is 1. The summed E-state index contributed by atoms with van der Waals surface area (Å²) in [5.74, 6) is 0. The van der Waals surface area contributed by atoms with E-state index < -0.39 is 0 Å². The third kappa shape index (κ3) is 2.08. The highest BCUT2D eigenvalue weighted by atomic mass is 35.5. The second-order valence-corrected chi connectivity index (χ2v) is 5.45. The van der Waals surface area contributed by atoms with Crippen molar-refractivity contribution in [2.75, 3.05) is 6.61 Å². The standard InChI is InChI=1S/C9H13ClN2OS/c10-7-4-11-8(14-7)5-12-9(6-13)2-1-3-9/h4,12-13H,1-3,5-6H2. The van der Waals surface area contributed by atoms with E-state index in [0.29, 0.717) is 10.9 Å². The second-order valence-electron chi connectivity index (χ2n) is 3.70. The van der Waals surface area contributed by atoms with Crippen molar-refractivity contribution in [2.45, 2.75) is 31.3 Å². The van der Waals surface area contributed by atoms with Crippen LogP contribution in [0.3, 0.4) is 0 Å². The van der Waals surface area contributed by atoms with Crippen LogP contribution >= 0.6 is 22.9 Å². The third-order valence-electron chi connectivity index (χ3n) is 2.75. The molecule has 2 rings (SSSR count). The number of thiazole rings is 1. The lowest BCUT2D eigenvalue weighted by Crippen LogP contribution is -2.53. The van der Waals surface area contributed by atoms with Crippen LogP contribution in [-0.4, -0.2) is 22.2 Å². The first-order chi connectivity index (χ1) is 6.74. The van der Waals surface area contributed by atoms with Crippen LogP contribution in [0.25, 0.3) is 0 Å². The number of aliphatic hydroxyl groups excluding tert-OH is 1. The van der Waals surface area contributed by atoms with E-state index in [2.05, 4.69) is 10.3 Å². The number of nitrogens with one attached hydrogen (secondary N) is 1. The van der Waals surface area contributed by atoms with Crippen molar-refractivity contribution in [2.24, 2.45) is 0 Å². The molecule has 0 radical (unpaired) electrons. The van der Waals surface area contributed by atoms with Crippen LogP contribution in [0.4, 0.5) is 0 Å². The topological polar surface area (TPSA) is 45.1 Å². The number of aliphatic hydroxyl groups is 1. The largest absolute Gasteiger partial charge is 0.394 e. The van der Waals surface area contributed by atoms with Gasteiger partial charge in [0.2, 0.25) is 0 Å². The molecule has 1 aliphatic rings. The van der Waals surface area contributed by atoms with Crippen LogP contribution in [0.15, 0.2) is 6.20 Å². The number of nitrogens with zero attached hydrogens (tertiary/aromatic N) is 1. The molecule has 1 saturated carbocycles. The SMILES string of the molecule is OCC1(NCc2ncc(Cl)s2)CCC1. The Balaban J connectivity index is 1.87. The Labute approximate surface area is 92.1 Å². The Morgan fingerprint density at radius 2 is 2.43 bits per heavy atom. The number of hydrogen-bond donors (Lipinski definition) is 2. The van der Waals surface area contributed by atoms with Gasteiger partial charge in [0.15, 0.2) is 0 Å². The first kappa shape index (κ1) is 10.4. The molecule has 1 heterocycles. The predicted octanol–water partition coefficient (Wildman–Crippen LogP) is 1.80. The zero-order valence-electron chi connectivity index (χ0n) is 7.79. The molecule has 78 valence electrons. The van der Waals surface area contributed by atoms with Crippen molar-refractivity contribution in [3.63, 3.8) is 0 Å². The van der Waals surface area contributed by atoms with E-state index in [0.717, 1.165) is 17.8 Å². The van der Waals surface area contributed by atoms with Crippen molar-refractivity contribution in [1.29, 1.82) is 0 Å². The maximum Gasteiger partial charge on any atom is 0.113 e. The molecule has 0 saturated heterocycles. The Hall–Kier alpha value is -0.160. The molecule has 2 N–H and O–H groups in total. The van der Waals surface area contributed by atoms with Crippen LogP contribution in [0.1, 0.15) is 24.3 Å². The molecule has 0 aromatic carbocycles. The van der Waals surface area contributed by atoms with Crippen LogP contribution in [0.2, 0.25) is 4.34 Å². The normalized spacial score (nSPS) is 19.3. The maximum absolute atomic E-state index is 9.21. The average Bonchev–Trinajstić information content (AvgIpc) is 2.50. The summed E-state index contributed by atoms with van der Waals surface area (Å²) < 4.78 is 0.716. The molecule has 0 amide bonds. The molecule has 0 unspecified atom stereocenters. The zero-order chi connectivity index (χ0) is 10.0. The first-order valence-electron chi connectivity index (χ1n) is 4.70. The summed E-state index contributed by atoms with van der Waals surface area (Å²) in [5, 5.41) is 13.5. The van der Waals surface area contributed by atoms with Crippen molar-refractivity contribution < 1.29 is 5.11 Å². The molecule has 3 nitrogen and oxygen atoms in total. The van der Waals surface area contributed by atoms with Gasteiger partial charge in [-0.05, 0) is 19.3 Å². The van der Waals surface area contributed by atoms with E-state index in [1.54, 1.807) is 6.20 Å². The zero-order valence-corrected chi connectivity index (χ0v) is 9.37. The minimum atomic E-state index is -0.0435. The van der Waals surface area contributed by atoms with Gasteiger partial charge in [-0.25, -0.2) is 4.98 Å². The highest BCUT2D eigenvalue weighted by Gasteiger charge is 2.35. The molecule has 0 spiro atoms. The monoisotopic (exact) mass is 232 g/mol. The highest BCUT2D eigenvalue weighted by molar-refractivity contribution is 7.15. The van der Waals surface area contributed by atoms with Gasteiger partial charge in [-0.3, -0.25) is 0 Å². The second kappa shape index (κ2) is 4.14. The Kier molecular flexibility index (Phi) is 3.07. The summed E-state index contributed by atoms with van der Waals surface area (Å²) in [5.41, 5.74) is -0.0435. The van der Waals surface area contributed by atoms with Gasteiger partial charge in [0.25, 0.3) is 0 Å². The van der Waals surface area contributed by atoms with E-state index in [-0.39, 0.29) is 12.1 Å². The fourth-order valence-corrected chi connectivity index (χ4v) is 2.52. The number of halogens is 1. The molecule has 1 aromatic rings. The van der Waals surface area contributed by atoms with E-state index >= 15 is 0 Å². The van der Waals surface area contributed by atoms with Gasteiger partial charge in [0, 0.05) is 12.1 Å². The fraction of sp³-hybridized carbons (Fsp3) is 0.667. The van der Waals surface area contributed by atoms with E-state index in [1.807, 2.05) is 0 Å². The van der Waals surface area contributed by atoms with Crippen molar-refractivity contribution >= 4 is 22.9 Å². The van der Waals surface area contributed by atoms with Crippen LogP contribution in [-0.2, 0) is 6.54 Å². The Bertz CT molecular complexity index is 306. The summed E-state index contributed by atoms with van der Waals surface area (Å²) in [6.07, 6.45) is 4.98. The van der Waals surface area contributed by atoms with Crippen molar-refractivity contribution in [3.05, 3.63) is 15.5 Å². The molecule has 1 aliphatic carbocycles. The van der Waals surface area contributed by atoms with Gasteiger partial charge in [-0.15, -0.1) is 11.3 Å². The van der Waals surface area contributed by atoms with Crippen LogP contribution < -0.4 is 5.32 Å². The summed E-state index contributed by atoms with van der Waals surface area (Å²) in [6.45, 7) is 0.921. The molecule has 1 fully saturated rings. The maximum atomic E-state index is 9.21. The van der Waals surface area contributed by atoms with Gasteiger partial charge in [-0.2, -0.15) is 0 Å². The van der Waals surface area contributed by atoms with E-state index in [4.69, 9.17) is 11.6 Å². The van der Waals surface area contributed by atoms with E-state index in [1.165, 1.54) is 17.8 Å². The smallest absolute Gasteiger partial charge is 0.113 e. The summed E-state index contributed by atoms with van der Waals surface area (Å²) in [7, 11) is 0. The van der Waals surface area contributed by atoms with E-state index in [9.17, 15) is 5.11 Å². The van der Waals surface area contributed by atoms with Gasteiger partial charge >= 0.3 is 0 Å². The van der Waals surface area contributed by atoms with Crippen molar-refractivity contribution in [1.82, 2.24) is 10.3 Å². The lowest BCUT2D eigenvalue weighted by Gasteiger charge is -2.41. The lowest BCUT2D eigenvalue weighted by atomic mass is 9.77. The minimum Gasteiger partial charge on any atom is -0.394 e. The summed E-state index contributed by atoms with van der Waals surface area (Å²) in [6, 6.07) is 0. The third-order valence-corrected chi connectivity index (χ3v) is 3.87. The molecule has 14 heavy (non-hydrogen) atoms. The molecule has 1 aromatic heterocycles. The lowest BCUT2D eigenvalue weighted by molar-refractivity contribution is 0.0872. The molecule has 0 bridgehead atoms. The van der Waals surface area contributed by atoms with Crippen LogP contribution in [0.5, 0.6) is 0 Å². The summed E-state index contributed by atoms with van der Waals surface area (Å²) >= 11 is 7.25. The van der Waals surface area contributed by atoms with Gasteiger partial charge in [0.05, 0.1) is 12.8 Å². The Morgan fingerprint density at radius 3 is 2.86 bits per heavy atom. The molecule has 0 aliphatic heterocycles. The average molecular weight is 233 g/mol. The predicted molar refractivity (Wildman–Crippen MR) is 57.6 cm³/mol. The van der Waals surface area contributed by atoms with Gasteiger partial charge in [0.1, 0.15) is 9.34 Å².